The summed E-state index contributed by atoms with van der Waals surface area (Å²) in [5.41, 5.74) is 2.03. The molecule has 0 aromatic heterocycles. The van der Waals surface area contributed by atoms with Crippen LogP contribution in [0, 0.1) is 26.0 Å². The van der Waals surface area contributed by atoms with E-state index >= 15 is 0 Å². The Bertz CT molecular complexity index is 2120. The second-order valence-electron chi connectivity index (χ2n) is 15.5. The van der Waals surface area contributed by atoms with E-state index in [1.807, 2.05) is 15.9 Å². The summed E-state index contributed by atoms with van der Waals surface area (Å²) in [6, 6.07) is 19.4. The summed E-state index contributed by atoms with van der Waals surface area (Å²) in [5, 5.41) is 0. The van der Waals surface area contributed by atoms with Crippen molar-refractivity contribution in [3.05, 3.63) is 92.5 Å². The molecule has 0 bridgehead atoms. The zero-order valence-electron chi connectivity index (χ0n) is 34.1. The first-order valence-corrected chi connectivity index (χ1v) is 24.9. The number of nitrogens with zero attached hydrogens (tertiary/aromatic N) is 2. The number of fused-ring (bicyclic) bond motifs is 2. The van der Waals surface area contributed by atoms with E-state index in [0.29, 0.717) is 40.4 Å². The highest BCUT2D eigenvalue weighted by Crippen LogP contribution is 2.48. The van der Waals surface area contributed by atoms with Crippen LogP contribution in [0.15, 0.2) is 87.1 Å². The fourth-order valence-electron chi connectivity index (χ4n) is 8.07. The van der Waals surface area contributed by atoms with Gasteiger partial charge in [-0.1, -0.05) is 53.4 Å². The Morgan fingerprint density at radius 1 is 0.655 bits per heavy atom. The lowest BCUT2D eigenvalue weighted by molar-refractivity contribution is 0.290. The predicted octanol–water partition coefficient (Wildman–Crippen LogP) is 12.1. The van der Waals surface area contributed by atoms with Crippen LogP contribution in [-0.2, 0) is 19.7 Å². The molecule has 0 fully saturated rings. The van der Waals surface area contributed by atoms with Gasteiger partial charge in [0, 0.05) is 47.4 Å². The molecule has 0 N–H and O–H groups in total. The number of methoxy groups -OCH3 is 2. The van der Waals surface area contributed by atoms with Gasteiger partial charge in [0.05, 0.1) is 54.9 Å². The summed E-state index contributed by atoms with van der Waals surface area (Å²) in [6.07, 6.45) is 7.11. The maximum Gasteiger partial charge on any atom is 0.181 e. The normalized spacial score (nSPS) is 20.8. The Balaban J connectivity index is 0.000000221. The zero-order valence-corrected chi connectivity index (χ0v) is 39.5. The van der Waals surface area contributed by atoms with Gasteiger partial charge in [-0.05, 0) is 125 Å². The van der Waals surface area contributed by atoms with Gasteiger partial charge in [0.1, 0.15) is 23.1 Å². The van der Waals surface area contributed by atoms with Crippen LogP contribution in [0.1, 0.15) is 79.1 Å². The molecule has 2 heterocycles. The number of rotatable bonds is 12. The van der Waals surface area contributed by atoms with Crippen molar-refractivity contribution in [2.45, 2.75) is 88.9 Å². The molecule has 58 heavy (non-hydrogen) atoms. The molecular formula is C44H54BrF2IN2O6S2. The number of hydrogen-bond donors (Lipinski definition) is 0. The smallest absolute Gasteiger partial charge is 0.181 e. The number of anilines is 4. The summed E-state index contributed by atoms with van der Waals surface area (Å²) in [7, 11) is -4.01. The second kappa shape index (κ2) is 19.2. The summed E-state index contributed by atoms with van der Waals surface area (Å²) in [4.78, 5) is 4.60. The molecule has 14 heteroatoms. The van der Waals surface area contributed by atoms with Crippen molar-refractivity contribution in [1.82, 2.24) is 0 Å². The second-order valence-corrected chi connectivity index (χ2v) is 21.4. The maximum atomic E-state index is 13.6. The Morgan fingerprint density at radius 3 is 1.43 bits per heavy atom. The average Bonchev–Trinajstić information content (AvgIpc) is 3.36. The van der Waals surface area contributed by atoms with Gasteiger partial charge in [0.25, 0.3) is 0 Å². The van der Waals surface area contributed by atoms with Crippen LogP contribution in [0.4, 0.5) is 31.5 Å². The van der Waals surface area contributed by atoms with E-state index in [2.05, 4.69) is 66.2 Å². The third-order valence-electron chi connectivity index (χ3n) is 11.6. The number of benzene rings is 4. The molecule has 0 radical (unpaired) electrons. The number of ether oxygens (including phenoxy) is 2. The lowest BCUT2D eigenvalue weighted by Crippen LogP contribution is -2.38. The predicted molar refractivity (Wildman–Crippen MR) is 242 cm³/mol. The van der Waals surface area contributed by atoms with E-state index < -0.39 is 19.7 Å². The van der Waals surface area contributed by atoms with Crippen molar-refractivity contribution >= 4 is 80.9 Å². The molecule has 2 unspecified atom stereocenters. The Hall–Kier alpha value is -2.95. The minimum absolute atomic E-state index is 0.0893. The number of sulfone groups is 2. The van der Waals surface area contributed by atoms with Gasteiger partial charge in [0.2, 0.25) is 0 Å². The average molecular weight is 1020 g/mol. The molecule has 316 valence electrons. The monoisotopic (exact) mass is 1010 g/mol. The van der Waals surface area contributed by atoms with Gasteiger partial charge in [-0.2, -0.15) is 0 Å². The maximum absolute atomic E-state index is 13.6. The highest BCUT2D eigenvalue weighted by molar-refractivity contribution is 14.1. The molecule has 4 aromatic carbocycles. The first-order valence-electron chi connectivity index (χ1n) is 19.8. The molecule has 0 spiro atoms. The van der Waals surface area contributed by atoms with Gasteiger partial charge < -0.3 is 19.3 Å². The van der Waals surface area contributed by atoms with Crippen LogP contribution < -0.4 is 19.3 Å². The number of hydrogen-bond acceptors (Lipinski definition) is 8. The summed E-state index contributed by atoms with van der Waals surface area (Å²) in [6.45, 7) is 9.48. The molecule has 2 atom stereocenters. The third-order valence-corrected chi connectivity index (χ3v) is 17.0. The molecule has 2 aliphatic rings. The van der Waals surface area contributed by atoms with Crippen molar-refractivity contribution in [2.24, 2.45) is 10.8 Å². The standard InChI is InChI=1S/C22H27BrFNO3S.C22H27FINO3S/c1-4-6-11-22(5-2)14-25(17-9-7-16(24)8-10-17)19-12-18(23)20(28-3)13-21(19)29(26,27)15-22;1-4-6-11-22(5-2)14-25(17-9-7-16(23)8-10-17)19-12-18(24)20(28-3)13-21(19)29(26,27)15-22/h2*7-10,12-13H,4-6,11,14-15H2,1-3H3. The highest BCUT2D eigenvalue weighted by Gasteiger charge is 2.43. The lowest BCUT2D eigenvalue weighted by atomic mass is 9.81. The van der Waals surface area contributed by atoms with Crippen LogP contribution in [0.5, 0.6) is 11.5 Å². The lowest BCUT2D eigenvalue weighted by Gasteiger charge is -2.36. The van der Waals surface area contributed by atoms with Gasteiger partial charge in [-0.15, -0.1) is 0 Å². The molecule has 4 aromatic rings. The van der Waals surface area contributed by atoms with Crippen molar-refractivity contribution in [1.29, 1.82) is 0 Å². The van der Waals surface area contributed by atoms with Crippen LogP contribution >= 0.6 is 38.5 Å². The Morgan fingerprint density at radius 2 is 1.05 bits per heavy atom. The molecule has 2 aliphatic heterocycles. The van der Waals surface area contributed by atoms with E-state index in [-0.39, 0.29) is 43.8 Å². The quantitative estimate of drug-likeness (QED) is 0.130. The SMILES string of the molecule is CCCCC1(CC)CN(c2ccc(F)cc2)c2cc(Br)c(OC)cc2S(=O)(=O)C1.CCCCC1(CC)CN(c2ccc(F)cc2)c2cc(I)c(OC)cc2S(=O)(=O)C1. The van der Waals surface area contributed by atoms with E-state index in [4.69, 9.17) is 9.47 Å². The third kappa shape index (κ3) is 10.1. The van der Waals surface area contributed by atoms with E-state index in [0.717, 1.165) is 66.3 Å². The molecule has 0 amide bonds. The van der Waals surface area contributed by atoms with Crippen LogP contribution in [0.2, 0.25) is 0 Å². The molecule has 0 saturated carbocycles. The van der Waals surface area contributed by atoms with Crippen molar-refractivity contribution in [3.63, 3.8) is 0 Å². The number of unbranched alkanes of at least 4 members (excludes halogenated alkanes) is 2. The largest absolute Gasteiger partial charge is 0.496 e. The van der Waals surface area contributed by atoms with Crippen LogP contribution in [-0.4, -0.2) is 55.7 Å². The zero-order chi connectivity index (χ0) is 42.5. The molecule has 0 aliphatic carbocycles. The van der Waals surface area contributed by atoms with Crippen LogP contribution in [0.3, 0.4) is 0 Å². The van der Waals surface area contributed by atoms with Crippen LogP contribution in [0.25, 0.3) is 0 Å². The van der Waals surface area contributed by atoms with E-state index in [9.17, 15) is 25.6 Å². The molecule has 8 nitrogen and oxygen atoms in total. The Kier molecular flexibility index (Phi) is 15.3. The van der Waals surface area contributed by atoms with Crippen molar-refractivity contribution < 1.29 is 35.1 Å². The van der Waals surface area contributed by atoms with Crippen molar-refractivity contribution in [3.8, 4) is 11.5 Å². The first-order chi connectivity index (χ1) is 27.5. The minimum Gasteiger partial charge on any atom is -0.496 e. The fraction of sp³-hybridized carbons (Fsp3) is 0.455. The highest BCUT2D eigenvalue weighted by atomic mass is 127. The van der Waals surface area contributed by atoms with Crippen molar-refractivity contribution in [2.75, 3.05) is 48.6 Å². The van der Waals surface area contributed by atoms with E-state index in [1.54, 1.807) is 49.6 Å². The summed E-state index contributed by atoms with van der Waals surface area (Å²) in [5.74, 6) is 0.582. The number of halogens is 4. The van der Waals surface area contributed by atoms with Gasteiger partial charge in [0.15, 0.2) is 19.7 Å². The summed E-state index contributed by atoms with van der Waals surface area (Å²) < 4.78 is 93.4. The first kappa shape index (κ1) is 46.1. The van der Waals surface area contributed by atoms with Gasteiger partial charge in [-0.25, -0.2) is 25.6 Å². The van der Waals surface area contributed by atoms with E-state index in [1.165, 1.54) is 31.4 Å². The minimum atomic E-state index is -3.54. The topological polar surface area (TPSA) is 93.2 Å². The molecule has 0 saturated heterocycles. The van der Waals surface area contributed by atoms with Gasteiger partial charge in [-0.3, -0.25) is 0 Å². The summed E-state index contributed by atoms with van der Waals surface area (Å²) >= 11 is 5.65. The fourth-order valence-corrected chi connectivity index (χ4v) is 13.6. The van der Waals surface area contributed by atoms with Gasteiger partial charge >= 0.3 is 0 Å². The Labute approximate surface area is 365 Å². The molecular weight excluding hydrogens is 961 g/mol. The molecule has 6 rings (SSSR count).